The minimum Gasteiger partial charge on any atom is -0.351 e. The van der Waals surface area contributed by atoms with Crippen molar-refractivity contribution in [2.75, 3.05) is 6.54 Å². The predicted molar refractivity (Wildman–Crippen MR) is 60.2 cm³/mol. The lowest BCUT2D eigenvalue weighted by Gasteiger charge is -2.28. The molecule has 114 valence electrons. The average molecular weight is 322 g/mol. The van der Waals surface area contributed by atoms with E-state index < -0.39 is 31.1 Å². The fourth-order valence-corrected chi connectivity index (χ4v) is 1.75. The first-order valence-electron chi connectivity index (χ1n) is 5.30. The molecule has 0 aliphatic heterocycles. The number of hydrogen-bond donors (Lipinski definition) is 1. The number of benzene rings is 1. The monoisotopic (exact) mass is 321 g/mol. The van der Waals surface area contributed by atoms with E-state index >= 15 is 0 Å². The number of ether oxygens (including phenoxy) is 1. The average Bonchev–Trinajstić information content (AvgIpc) is 2.28. The molecule has 0 aliphatic rings. The predicted octanol–water partition coefficient (Wildman–Crippen LogP) is 3.85. The van der Waals surface area contributed by atoms with Gasteiger partial charge in [0.15, 0.2) is 0 Å². The second-order valence-corrected chi connectivity index (χ2v) is 4.25. The van der Waals surface area contributed by atoms with Crippen molar-refractivity contribution in [3.63, 3.8) is 0 Å². The van der Waals surface area contributed by atoms with Crippen LogP contribution in [0.2, 0.25) is 5.02 Å². The lowest BCUT2D eigenvalue weighted by molar-refractivity contribution is -0.331. The Kier molecular flexibility index (Phi) is 5.28. The Hall–Kier alpha value is -0.990. The molecule has 0 aromatic heterocycles. The summed E-state index contributed by atoms with van der Waals surface area (Å²) in [5.74, 6) is 0. The molecule has 0 heterocycles. The maximum Gasteiger partial charge on any atom is 0.423 e. The van der Waals surface area contributed by atoms with Crippen molar-refractivity contribution in [3.05, 3.63) is 34.9 Å². The Bertz CT molecular complexity index is 433. The smallest absolute Gasteiger partial charge is 0.351 e. The lowest BCUT2D eigenvalue weighted by Crippen LogP contribution is -2.45. The highest BCUT2D eigenvalue weighted by atomic mass is 35.5. The summed E-state index contributed by atoms with van der Waals surface area (Å²) < 4.78 is 78.6. The summed E-state index contributed by atoms with van der Waals surface area (Å²) >= 11 is 5.71. The van der Waals surface area contributed by atoms with Gasteiger partial charge in [0.25, 0.3) is 0 Å². The number of halogens is 7. The highest BCUT2D eigenvalue weighted by Crippen LogP contribution is 2.39. The van der Waals surface area contributed by atoms with Crippen LogP contribution in [0, 0.1) is 0 Å². The molecule has 2 N–H and O–H groups in total. The van der Waals surface area contributed by atoms with Crippen molar-refractivity contribution in [2.45, 2.75) is 24.6 Å². The Morgan fingerprint density at radius 1 is 1.05 bits per heavy atom. The molecule has 0 aliphatic carbocycles. The van der Waals surface area contributed by atoms with Crippen LogP contribution in [0.4, 0.5) is 26.3 Å². The van der Waals surface area contributed by atoms with E-state index in [9.17, 15) is 26.3 Å². The molecule has 1 aromatic carbocycles. The summed E-state index contributed by atoms with van der Waals surface area (Å²) in [5.41, 5.74) is 5.16. The van der Waals surface area contributed by atoms with E-state index in [-0.39, 0.29) is 10.6 Å². The summed E-state index contributed by atoms with van der Waals surface area (Å²) in [6.07, 6.45) is -16.7. The van der Waals surface area contributed by atoms with E-state index in [1.165, 1.54) is 24.3 Å². The molecule has 1 atom stereocenters. The van der Waals surface area contributed by atoms with Crippen molar-refractivity contribution in [2.24, 2.45) is 5.73 Å². The van der Waals surface area contributed by atoms with Crippen LogP contribution in [0.5, 0.6) is 0 Å². The summed E-state index contributed by atoms with van der Waals surface area (Å²) in [5, 5.41) is -0.0222. The Morgan fingerprint density at radius 2 is 1.55 bits per heavy atom. The first kappa shape index (κ1) is 17.1. The highest BCUT2D eigenvalue weighted by molar-refractivity contribution is 6.31. The standard InChI is InChI=1S/C11H10ClF6NO/c12-7-4-2-1-3-6(7)8(5-19)20-9(10(13,14)15)11(16,17)18/h1-4,8-9H,5,19H2. The highest BCUT2D eigenvalue weighted by Gasteiger charge is 2.58. The van der Waals surface area contributed by atoms with Crippen LogP contribution in [0.3, 0.4) is 0 Å². The van der Waals surface area contributed by atoms with E-state index in [0.717, 1.165) is 0 Å². The van der Waals surface area contributed by atoms with Gasteiger partial charge in [-0.05, 0) is 6.07 Å². The lowest BCUT2D eigenvalue weighted by atomic mass is 10.1. The second kappa shape index (κ2) is 6.19. The number of nitrogens with two attached hydrogens (primary N) is 1. The zero-order chi connectivity index (χ0) is 15.6. The molecule has 1 rings (SSSR count). The third kappa shape index (κ3) is 4.26. The van der Waals surface area contributed by atoms with Gasteiger partial charge in [-0.25, -0.2) is 0 Å². The van der Waals surface area contributed by atoms with E-state index in [1.54, 1.807) is 0 Å². The molecule has 9 heteroatoms. The van der Waals surface area contributed by atoms with Gasteiger partial charge in [-0.1, -0.05) is 29.8 Å². The van der Waals surface area contributed by atoms with E-state index in [2.05, 4.69) is 4.74 Å². The van der Waals surface area contributed by atoms with Crippen LogP contribution in [0.25, 0.3) is 0 Å². The Morgan fingerprint density at radius 3 is 1.95 bits per heavy atom. The van der Waals surface area contributed by atoms with Gasteiger partial charge >= 0.3 is 12.4 Å². The molecular formula is C11H10ClF6NO. The molecule has 0 spiro atoms. The zero-order valence-corrected chi connectivity index (χ0v) is 10.6. The van der Waals surface area contributed by atoms with Crippen molar-refractivity contribution in [3.8, 4) is 0 Å². The Balaban J connectivity index is 3.05. The third-order valence-corrected chi connectivity index (χ3v) is 2.71. The van der Waals surface area contributed by atoms with Crippen molar-refractivity contribution < 1.29 is 31.1 Å². The normalized spacial score (nSPS) is 14.7. The molecule has 20 heavy (non-hydrogen) atoms. The van der Waals surface area contributed by atoms with Crippen LogP contribution >= 0.6 is 11.6 Å². The summed E-state index contributed by atoms with van der Waals surface area (Å²) in [6, 6.07) is 5.45. The molecule has 1 aromatic rings. The third-order valence-electron chi connectivity index (χ3n) is 2.36. The number of rotatable bonds is 4. The first-order valence-corrected chi connectivity index (χ1v) is 5.68. The molecular weight excluding hydrogens is 312 g/mol. The van der Waals surface area contributed by atoms with E-state index in [1.807, 2.05) is 0 Å². The molecule has 0 amide bonds. The summed E-state index contributed by atoms with van der Waals surface area (Å²) in [6.45, 7) is -0.577. The molecule has 0 bridgehead atoms. The van der Waals surface area contributed by atoms with Gasteiger partial charge in [0.05, 0.1) is 6.10 Å². The topological polar surface area (TPSA) is 35.2 Å². The maximum atomic E-state index is 12.4. The van der Waals surface area contributed by atoms with E-state index in [4.69, 9.17) is 17.3 Å². The van der Waals surface area contributed by atoms with Crippen LogP contribution in [0.1, 0.15) is 11.7 Å². The van der Waals surface area contributed by atoms with Crippen LogP contribution in [-0.2, 0) is 4.74 Å². The van der Waals surface area contributed by atoms with Gasteiger partial charge in [-0.15, -0.1) is 0 Å². The van der Waals surface area contributed by atoms with Crippen LogP contribution in [-0.4, -0.2) is 25.0 Å². The fourth-order valence-electron chi connectivity index (χ4n) is 1.50. The van der Waals surface area contributed by atoms with Gasteiger partial charge in [-0.2, -0.15) is 26.3 Å². The summed E-state index contributed by atoms with van der Waals surface area (Å²) in [4.78, 5) is 0. The molecule has 0 fully saturated rings. The maximum absolute atomic E-state index is 12.4. The minimum atomic E-state index is -5.59. The van der Waals surface area contributed by atoms with Crippen molar-refractivity contribution in [1.29, 1.82) is 0 Å². The molecule has 0 radical (unpaired) electrons. The number of alkyl halides is 6. The quantitative estimate of drug-likeness (QED) is 0.855. The van der Waals surface area contributed by atoms with Crippen LogP contribution in [0.15, 0.2) is 24.3 Å². The van der Waals surface area contributed by atoms with E-state index in [0.29, 0.717) is 0 Å². The summed E-state index contributed by atoms with van der Waals surface area (Å²) in [7, 11) is 0. The molecule has 2 nitrogen and oxygen atoms in total. The van der Waals surface area contributed by atoms with Gasteiger partial charge in [0, 0.05) is 17.1 Å². The molecule has 0 saturated carbocycles. The minimum absolute atomic E-state index is 0.0222. The van der Waals surface area contributed by atoms with Crippen LogP contribution < -0.4 is 5.73 Å². The van der Waals surface area contributed by atoms with Crippen molar-refractivity contribution >= 4 is 11.6 Å². The molecule has 0 saturated heterocycles. The van der Waals surface area contributed by atoms with Gasteiger partial charge < -0.3 is 10.5 Å². The molecule has 1 unspecified atom stereocenters. The fraction of sp³-hybridized carbons (Fsp3) is 0.455. The number of hydrogen-bond acceptors (Lipinski definition) is 2. The zero-order valence-electron chi connectivity index (χ0n) is 9.80. The SMILES string of the molecule is NCC(OC(C(F)(F)F)C(F)(F)F)c1ccccc1Cl. The van der Waals surface area contributed by atoms with Gasteiger partial charge in [0.2, 0.25) is 6.10 Å². The Labute approximate surface area is 115 Å². The van der Waals surface area contributed by atoms with Gasteiger partial charge in [-0.3, -0.25) is 0 Å². The largest absolute Gasteiger partial charge is 0.423 e. The van der Waals surface area contributed by atoms with Gasteiger partial charge in [0.1, 0.15) is 0 Å². The second-order valence-electron chi connectivity index (χ2n) is 3.85. The first-order chi connectivity index (χ1) is 9.07. The van der Waals surface area contributed by atoms with Crippen molar-refractivity contribution in [1.82, 2.24) is 0 Å².